The van der Waals surface area contributed by atoms with Crippen molar-refractivity contribution < 1.29 is 4.79 Å². The molecule has 0 atom stereocenters. The quantitative estimate of drug-likeness (QED) is 0.0562. The first-order chi connectivity index (χ1) is 21.6. The van der Waals surface area contributed by atoms with Crippen LogP contribution in [0, 0.1) is 0 Å². The summed E-state index contributed by atoms with van der Waals surface area (Å²) in [6, 6.07) is 39.5. The van der Waals surface area contributed by atoms with E-state index in [1.807, 2.05) is 90.0 Å². The fraction of sp³-hybridized carbons (Fsp3) is 0.243. The molecule has 0 aliphatic carbocycles. The van der Waals surface area contributed by atoms with Gasteiger partial charge in [0.2, 0.25) is 0 Å². The van der Waals surface area contributed by atoms with Gasteiger partial charge >= 0.3 is 0 Å². The van der Waals surface area contributed by atoms with Crippen LogP contribution in [0.4, 0.5) is 5.69 Å². The number of amides is 1. The molecule has 0 bridgehead atoms. The highest BCUT2D eigenvalue weighted by Crippen LogP contribution is 2.23. The third kappa shape index (κ3) is 12.2. The molecule has 5 rings (SSSR count). The van der Waals surface area contributed by atoms with Gasteiger partial charge in [0.1, 0.15) is 5.82 Å². The Bertz CT molecular complexity index is 1520. The Morgan fingerprint density at radius 1 is 0.778 bits per heavy atom. The van der Waals surface area contributed by atoms with E-state index >= 15 is 0 Å². The molecule has 1 amide bonds. The lowest BCUT2D eigenvalue weighted by Gasteiger charge is -2.10. The van der Waals surface area contributed by atoms with Crippen LogP contribution >= 0.6 is 11.8 Å². The van der Waals surface area contributed by atoms with Gasteiger partial charge in [-0.25, -0.2) is 10.8 Å². The van der Waals surface area contributed by atoms with Crippen molar-refractivity contribution in [3.63, 3.8) is 0 Å². The van der Waals surface area contributed by atoms with Crippen LogP contribution in [-0.2, 0) is 6.42 Å². The Morgan fingerprint density at radius 3 is 1.87 bits per heavy atom. The number of hydrogen-bond acceptors (Lipinski definition) is 6. The SMILES string of the molecule is C.CCCC(=Nc1ccccc1)SCC.CCCc1nnc(-c2ccccc2)n1-c1ccccc1.NNC(=O)c1ccccc1. The molecule has 8 heteroatoms. The predicted octanol–water partition coefficient (Wildman–Crippen LogP) is 9.08. The number of carbonyl (C=O) groups excluding carboxylic acids is 1. The number of hydrogen-bond donors (Lipinski definition) is 2. The molecule has 1 heterocycles. The zero-order chi connectivity index (χ0) is 31.4. The van der Waals surface area contributed by atoms with Gasteiger partial charge in [0.25, 0.3) is 5.91 Å². The number of rotatable bonds is 9. The van der Waals surface area contributed by atoms with E-state index in [-0.39, 0.29) is 13.3 Å². The highest BCUT2D eigenvalue weighted by atomic mass is 32.2. The molecule has 0 aliphatic heterocycles. The highest BCUT2D eigenvalue weighted by molar-refractivity contribution is 8.13. The van der Waals surface area contributed by atoms with Crippen LogP contribution in [0.2, 0.25) is 0 Å². The van der Waals surface area contributed by atoms with Gasteiger partial charge in [-0.3, -0.25) is 14.8 Å². The predicted molar refractivity (Wildman–Crippen MR) is 192 cm³/mol. The van der Waals surface area contributed by atoms with Crippen molar-refractivity contribution in [2.24, 2.45) is 10.8 Å². The summed E-state index contributed by atoms with van der Waals surface area (Å²) in [5.74, 6) is 7.66. The summed E-state index contributed by atoms with van der Waals surface area (Å²) in [5, 5.41) is 10.0. The van der Waals surface area contributed by atoms with Crippen LogP contribution in [-0.4, -0.2) is 31.5 Å². The smallest absolute Gasteiger partial charge is 0.265 e. The minimum Gasteiger partial charge on any atom is -0.290 e. The molecule has 236 valence electrons. The minimum atomic E-state index is -0.263. The molecule has 1 aromatic heterocycles. The third-order valence-electron chi connectivity index (χ3n) is 6.20. The van der Waals surface area contributed by atoms with Crippen molar-refractivity contribution in [3.05, 3.63) is 133 Å². The van der Waals surface area contributed by atoms with Gasteiger partial charge in [-0.1, -0.05) is 120 Å². The molecule has 0 fully saturated rings. The highest BCUT2D eigenvalue weighted by Gasteiger charge is 2.14. The standard InChI is InChI=1S/C17H17N3.C12H17NS.C7H8N2O.CH4/c1-2-9-16-18-19-17(14-10-5-3-6-11-14)20(16)15-12-7-4-8-13-15;1-3-8-12(14-4-2)13-11-9-6-5-7-10-11;8-9-7(10)6-4-2-1-3-5-6;/h3-8,10-13H,2,9H2,1H3;5-7,9-10H,3-4,8H2,1-2H3;1-5H,8H2,(H,9,10);1H4. The number of nitrogens with two attached hydrogens (primary N) is 1. The summed E-state index contributed by atoms with van der Waals surface area (Å²) in [7, 11) is 0. The van der Waals surface area contributed by atoms with Crippen molar-refractivity contribution >= 4 is 28.4 Å². The number of aryl methyl sites for hydroxylation is 1. The summed E-state index contributed by atoms with van der Waals surface area (Å²) < 4.78 is 2.15. The number of aromatic nitrogens is 3. The molecule has 5 aromatic rings. The maximum atomic E-state index is 10.8. The summed E-state index contributed by atoms with van der Waals surface area (Å²) >= 11 is 1.85. The van der Waals surface area contributed by atoms with Crippen LogP contribution in [0.25, 0.3) is 17.1 Å². The molecule has 45 heavy (non-hydrogen) atoms. The molecule has 0 saturated carbocycles. The van der Waals surface area contributed by atoms with E-state index in [9.17, 15) is 4.79 Å². The van der Waals surface area contributed by atoms with Crippen LogP contribution in [0.1, 0.15) is 63.6 Å². The summed E-state index contributed by atoms with van der Waals surface area (Å²) in [6.45, 7) is 6.52. The van der Waals surface area contributed by atoms with E-state index in [0.29, 0.717) is 5.56 Å². The Hall–Kier alpha value is -4.53. The number of hydrazine groups is 1. The fourth-order valence-corrected chi connectivity index (χ4v) is 5.04. The van der Waals surface area contributed by atoms with E-state index in [1.165, 1.54) is 11.5 Å². The lowest BCUT2D eigenvalue weighted by atomic mass is 10.2. The third-order valence-corrected chi connectivity index (χ3v) is 7.12. The van der Waals surface area contributed by atoms with E-state index in [0.717, 1.165) is 53.6 Å². The normalized spacial score (nSPS) is 10.4. The van der Waals surface area contributed by atoms with Gasteiger partial charge in [0, 0.05) is 23.2 Å². The summed E-state index contributed by atoms with van der Waals surface area (Å²) in [4.78, 5) is 15.4. The fourth-order valence-electron chi connectivity index (χ4n) is 4.18. The van der Waals surface area contributed by atoms with Gasteiger partial charge in [-0.15, -0.1) is 22.0 Å². The van der Waals surface area contributed by atoms with E-state index < -0.39 is 0 Å². The molecule has 0 aliphatic rings. The number of nitrogens with zero attached hydrogens (tertiary/aromatic N) is 4. The van der Waals surface area contributed by atoms with Crippen LogP contribution in [0.3, 0.4) is 0 Å². The van der Waals surface area contributed by atoms with Crippen molar-refractivity contribution in [2.75, 3.05) is 5.75 Å². The Labute approximate surface area is 273 Å². The van der Waals surface area contributed by atoms with E-state index in [1.54, 1.807) is 24.3 Å². The lowest BCUT2D eigenvalue weighted by Crippen LogP contribution is -2.29. The first-order valence-corrected chi connectivity index (χ1v) is 16.0. The average molecular weight is 623 g/mol. The first-order valence-electron chi connectivity index (χ1n) is 15.0. The minimum absolute atomic E-state index is 0. The second kappa shape index (κ2) is 21.2. The van der Waals surface area contributed by atoms with Gasteiger partial charge < -0.3 is 0 Å². The van der Waals surface area contributed by atoms with Gasteiger partial charge in [0.05, 0.1) is 10.7 Å². The van der Waals surface area contributed by atoms with Crippen molar-refractivity contribution in [1.82, 2.24) is 20.2 Å². The van der Waals surface area contributed by atoms with Crippen molar-refractivity contribution in [1.29, 1.82) is 0 Å². The molecule has 0 saturated heterocycles. The molecule has 0 spiro atoms. The van der Waals surface area contributed by atoms with Crippen LogP contribution in [0.5, 0.6) is 0 Å². The molecule has 4 aromatic carbocycles. The second-order valence-corrected chi connectivity index (χ2v) is 10.9. The molecule has 7 nitrogen and oxygen atoms in total. The van der Waals surface area contributed by atoms with E-state index in [4.69, 9.17) is 5.84 Å². The number of thioether (sulfide) groups is 1. The van der Waals surface area contributed by atoms with Gasteiger partial charge in [-0.05, 0) is 55.0 Å². The lowest BCUT2D eigenvalue weighted by molar-refractivity contribution is 0.0953. The number of aliphatic imine (C=N–C) groups is 1. The number of nitrogens with one attached hydrogen (secondary N) is 1. The van der Waals surface area contributed by atoms with Crippen molar-refractivity contribution in [3.8, 4) is 17.1 Å². The zero-order valence-corrected chi connectivity index (χ0v) is 26.6. The monoisotopic (exact) mass is 622 g/mol. The molecular formula is C37H46N6OS. The van der Waals surface area contributed by atoms with Crippen LogP contribution in [0.15, 0.2) is 126 Å². The van der Waals surface area contributed by atoms with E-state index in [2.05, 4.69) is 64.8 Å². The zero-order valence-electron chi connectivity index (χ0n) is 25.8. The maximum Gasteiger partial charge on any atom is 0.265 e. The molecular weight excluding hydrogens is 577 g/mol. The largest absolute Gasteiger partial charge is 0.290 e. The molecule has 0 unspecified atom stereocenters. The Morgan fingerprint density at radius 2 is 1.33 bits per heavy atom. The molecule has 3 N–H and O–H groups in total. The van der Waals surface area contributed by atoms with Crippen molar-refractivity contribution in [2.45, 2.75) is 53.9 Å². The maximum absolute atomic E-state index is 10.8. The summed E-state index contributed by atoms with van der Waals surface area (Å²) in [6.07, 6.45) is 4.24. The van der Waals surface area contributed by atoms with Crippen LogP contribution < -0.4 is 11.3 Å². The first kappa shape index (κ1) is 36.7. The number of nitrogen functional groups attached to an aromatic ring is 1. The number of carbonyl (C=O) groups is 1. The summed E-state index contributed by atoms with van der Waals surface area (Å²) in [5.41, 5.74) is 5.88. The molecule has 0 radical (unpaired) electrons. The van der Waals surface area contributed by atoms with Gasteiger partial charge in [0.15, 0.2) is 5.82 Å². The Kier molecular flexibility index (Phi) is 17.3. The second-order valence-electron chi connectivity index (χ2n) is 9.59. The van der Waals surface area contributed by atoms with Gasteiger partial charge in [-0.2, -0.15) is 0 Å². The Balaban J connectivity index is 0.000000248. The number of benzene rings is 4. The topological polar surface area (TPSA) is 98.2 Å². The number of para-hydroxylation sites is 2. The average Bonchev–Trinajstić information content (AvgIpc) is 3.51.